The zero-order chi connectivity index (χ0) is 14.6. The van der Waals surface area contributed by atoms with Gasteiger partial charge in [0, 0.05) is 0 Å². The van der Waals surface area contributed by atoms with Gasteiger partial charge in [-0.1, -0.05) is 42.5 Å². The lowest BCUT2D eigenvalue weighted by Crippen LogP contribution is -1.88. The molecule has 0 saturated heterocycles. The minimum absolute atomic E-state index is 0.00801. The summed E-state index contributed by atoms with van der Waals surface area (Å²) in [6, 6.07) is 15.7. The molecule has 0 radical (unpaired) electrons. The normalized spacial score (nSPS) is 12.2. The minimum atomic E-state index is -4.37. The number of rotatable bonds is 4. The predicted octanol–water partition coefficient (Wildman–Crippen LogP) is 3.37. The molecule has 0 spiro atoms. The second-order valence-corrected chi connectivity index (χ2v) is 5.79. The molecule has 104 valence electrons. The van der Waals surface area contributed by atoms with Crippen LogP contribution in [0.15, 0.2) is 54.6 Å². The molecular weight excluding hydrogens is 275 g/mol. The summed E-state index contributed by atoms with van der Waals surface area (Å²) in [4.78, 5) is 19.1. The van der Waals surface area contributed by atoms with E-state index in [9.17, 15) is 14.4 Å². The van der Waals surface area contributed by atoms with E-state index in [1.165, 1.54) is 6.08 Å². The maximum atomic E-state index is 11.7. The van der Waals surface area contributed by atoms with Crippen molar-refractivity contribution in [2.45, 2.75) is 0 Å². The third kappa shape index (κ3) is 3.58. The third-order valence-corrected chi connectivity index (χ3v) is 3.80. The fourth-order valence-corrected chi connectivity index (χ4v) is 2.64. The van der Waals surface area contributed by atoms with Crippen LogP contribution in [0.25, 0.3) is 11.4 Å². The summed E-state index contributed by atoms with van der Waals surface area (Å²) in [7, 11) is -2.82. The van der Waals surface area contributed by atoms with E-state index in [0.29, 0.717) is 16.9 Å². The Balaban J connectivity index is 2.52. The van der Waals surface area contributed by atoms with Crippen molar-refractivity contribution in [2.24, 2.45) is 0 Å². The van der Waals surface area contributed by atoms with Crippen LogP contribution < -0.4 is 4.74 Å². The van der Waals surface area contributed by atoms with Crippen molar-refractivity contribution in [3.05, 3.63) is 65.7 Å². The van der Waals surface area contributed by atoms with Gasteiger partial charge in [-0.15, -0.1) is 0 Å². The molecule has 2 aromatic carbocycles. The van der Waals surface area contributed by atoms with Gasteiger partial charge in [0.05, 0.1) is 12.4 Å². The van der Waals surface area contributed by atoms with Crippen LogP contribution in [0.5, 0.6) is 5.75 Å². The molecule has 0 bridgehead atoms. The molecular formula is C15H15O4P. The van der Waals surface area contributed by atoms with Crippen LogP contribution in [0, 0.1) is 0 Å². The summed E-state index contributed by atoms with van der Waals surface area (Å²) in [5.41, 5.74) is 1.18. The molecule has 0 fully saturated rings. The molecule has 0 aliphatic carbocycles. The van der Waals surface area contributed by atoms with Crippen LogP contribution >= 0.6 is 7.60 Å². The molecule has 0 aliphatic rings. The Kier molecular flexibility index (Phi) is 4.40. The van der Waals surface area contributed by atoms with Crippen LogP contribution in [-0.4, -0.2) is 16.9 Å². The molecule has 0 aliphatic heterocycles. The zero-order valence-electron chi connectivity index (χ0n) is 10.9. The SMILES string of the molecule is COc1cccc(/C=C(\c2ccccc2)P(=O)(O)O)c1. The van der Waals surface area contributed by atoms with Crippen molar-refractivity contribution in [2.75, 3.05) is 7.11 Å². The minimum Gasteiger partial charge on any atom is -0.497 e. The van der Waals surface area contributed by atoms with Crippen molar-refractivity contribution in [1.29, 1.82) is 0 Å². The van der Waals surface area contributed by atoms with E-state index < -0.39 is 7.60 Å². The summed E-state index contributed by atoms with van der Waals surface area (Å²) in [6.45, 7) is 0. The number of hydrogen-bond donors (Lipinski definition) is 2. The second kappa shape index (κ2) is 6.06. The molecule has 2 aromatic rings. The van der Waals surface area contributed by atoms with Crippen molar-refractivity contribution in [3.8, 4) is 5.75 Å². The Labute approximate surface area is 117 Å². The van der Waals surface area contributed by atoms with Gasteiger partial charge in [-0.3, -0.25) is 4.57 Å². The van der Waals surface area contributed by atoms with Gasteiger partial charge < -0.3 is 14.5 Å². The highest BCUT2D eigenvalue weighted by Gasteiger charge is 2.22. The van der Waals surface area contributed by atoms with E-state index in [2.05, 4.69) is 0 Å². The predicted molar refractivity (Wildman–Crippen MR) is 79.4 cm³/mol. The van der Waals surface area contributed by atoms with Crippen molar-refractivity contribution in [3.63, 3.8) is 0 Å². The summed E-state index contributed by atoms with van der Waals surface area (Å²) in [5, 5.41) is -0.00801. The topological polar surface area (TPSA) is 66.8 Å². The van der Waals surface area contributed by atoms with Gasteiger partial charge in [0.25, 0.3) is 0 Å². The van der Waals surface area contributed by atoms with E-state index in [1.807, 2.05) is 0 Å². The number of benzene rings is 2. The standard InChI is InChI=1S/C15H15O4P/c1-19-14-9-5-6-12(10-14)11-15(20(16,17)18)13-7-3-2-4-8-13/h2-11H,1H3,(H2,16,17,18)/b15-11+. The lowest BCUT2D eigenvalue weighted by Gasteiger charge is -2.10. The quantitative estimate of drug-likeness (QED) is 0.669. The van der Waals surface area contributed by atoms with Crippen molar-refractivity contribution >= 4 is 19.0 Å². The average molecular weight is 290 g/mol. The first kappa shape index (κ1) is 14.5. The largest absolute Gasteiger partial charge is 0.497 e. The maximum absolute atomic E-state index is 11.7. The number of methoxy groups -OCH3 is 1. The first-order valence-electron chi connectivity index (χ1n) is 5.98. The van der Waals surface area contributed by atoms with Crippen LogP contribution in [0.3, 0.4) is 0 Å². The Morgan fingerprint density at radius 3 is 2.40 bits per heavy atom. The lowest BCUT2D eigenvalue weighted by atomic mass is 10.1. The Hall–Kier alpha value is -1.87. The highest BCUT2D eigenvalue weighted by molar-refractivity contribution is 7.63. The molecule has 4 nitrogen and oxygen atoms in total. The molecule has 2 rings (SSSR count). The molecule has 0 saturated carbocycles. The van der Waals surface area contributed by atoms with Crippen LogP contribution in [-0.2, 0) is 4.57 Å². The second-order valence-electron chi connectivity index (χ2n) is 4.22. The van der Waals surface area contributed by atoms with E-state index in [-0.39, 0.29) is 5.31 Å². The van der Waals surface area contributed by atoms with Gasteiger partial charge in [0.15, 0.2) is 0 Å². The van der Waals surface area contributed by atoms with E-state index in [4.69, 9.17) is 4.74 Å². The summed E-state index contributed by atoms with van der Waals surface area (Å²) in [5.74, 6) is 0.636. The van der Waals surface area contributed by atoms with Crippen LogP contribution in [0.2, 0.25) is 0 Å². The third-order valence-electron chi connectivity index (χ3n) is 2.78. The van der Waals surface area contributed by atoms with E-state index in [0.717, 1.165) is 0 Å². The highest BCUT2D eigenvalue weighted by atomic mass is 31.2. The Bertz CT molecular complexity index is 659. The van der Waals surface area contributed by atoms with Crippen LogP contribution in [0.4, 0.5) is 0 Å². The van der Waals surface area contributed by atoms with Crippen molar-refractivity contribution < 1.29 is 19.1 Å². The molecule has 2 N–H and O–H groups in total. The summed E-state index contributed by atoms with van der Waals surface area (Å²) < 4.78 is 16.8. The van der Waals surface area contributed by atoms with Crippen LogP contribution in [0.1, 0.15) is 11.1 Å². The lowest BCUT2D eigenvalue weighted by molar-refractivity contribution is 0.388. The number of hydrogen-bond acceptors (Lipinski definition) is 2. The Morgan fingerprint density at radius 1 is 1.10 bits per heavy atom. The molecule has 0 aromatic heterocycles. The fraction of sp³-hybridized carbons (Fsp3) is 0.0667. The molecule has 0 unspecified atom stereocenters. The highest BCUT2D eigenvalue weighted by Crippen LogP contribution is 2.51. The van der Waals surface area contributed by atoms with Gasteiger partial charge in [-0.25, -0.2) is 0 Å². The maximum Gasteiger partial charge on any atom is 0.356 e. The molecule has 0 amide bonds. The van der Waals surface area contributed by atoms with Gasteiger partial charge in [-0.2, -0.15) is 0 Å². The zero-order valence-corrected chi connectivity index (χ0v) is 11.8. The van der Waals surface area contributed by atoms with Gasteiger partial charge in [0.2, 0.25) is 0 Å². The molecule has 20 heavy (non-hydrogen) atoms. The first-order chi connectivity index (χ1) is 9.50. The average Bonchev–Trinajstić information content (AvgIpc) is 2.45. The monoisotopic (exact) mass is 290 g/mol. The van der Waals surface area contributed by atoms with Gasteiger partial charge in [-0.05, 0) is 29.3 Å². The van der Waals surface area contributed by atoms with Gasteiger partial charge in [0.1, 0.15) is 5.75 Å². The molecule has 0 atom stereocenters. The molecule has 0 heterocycles. The van der Waals surface area contributed by atoms with E-state index in [1.54, 1.807) is 61.7 Å². The smallest absolute Gasteiger partial charge is 0.356 e. The fourth-order valence-electron chi connectivity index (χ4n) is 1.83. The van der Waals surface area contributed by atoms with Gasteiger partial charge >= 0.3 is 7.60 Å². The first-order valence-corrected chi connectivity index (χ1v) is 7.59. The number of ether oxygens (including phenoxy) is 1. The van der Waals surface area contributed by atoms with E-state index >= 15 is 0 Å². The Morgan fingerprint density at radius 2 is 1.80 bits per heavy atom. The molecule has 5 heteroatoms. The van der Waals surface area contributed by atoms with Crippen molar-refractivity contribution in [1.82, 2.24) is 0 Å². The summed E-state index contributed by atoms with van der Waals surface area (Å²) in [6.07, 6.45) is 1.48. The summed E-state index contributed by atoms with van der Waals surface area (Å²) >= 11 is 0.